The van der Waals surface area contributed by atoms with Gasteiger partial charge in [-0.2, -0.15) is 0 Å². The van der Waals surface area contributed by atoms with Crippen LogP contribution < -0.4 is 5.46 Å². The highest BCUT2D eigenvalue weighted by atomic mass is 14.0. The molecule has 0 N–H and O–H groups in total. The maximum Gasteiger partial charge on any atom is 0.113 e. The van der Waals surface area contributed by atoms with Crippen LogP contribution in [0.5, 0.6) is 0 Å². The molecule has 1 heteroatoms. The molecule has 0 nitrogen and oxygen atoms in total. The summed E-state index contributed by atoms with van der Waals surface area (Å²) < 4.78 is 0. The summed E-state index contributed by atoms with van der Waals surface area (Å²) in [6.07, 6.45) is 1.87. The molecule has 0 aliphatic carbocycles. The first kappa shape index (κ1) is 8.12. The second-order valence-electron chi connectivity index (χ2n) is 2.77. The molecule has 2 radical (unpaired) electrons. The summed E-state index contributed by atoms with van der Waals surface area (Å²) >= 11 is 0. The second-order valence-corrected chi connectivity index (χ2v) is 2.77. The smallest absolute Gasteiger partial charge is 0.0985 e. The summed E-state index contributed by atoms with van der Waals surface area (Å²) in [5, 5.41) is 0. The Labute approximate surface area is 69.4 Å². The number of benzene rings is 1. The number of aryl methyl sites for hydroxylation is 2. The molecule has 0 saturated carbocycles. The molecule has 0 unspecified atom stereocenters. The highest BCUT2D eigenvalue weighted by molar-refractivity contribution is 6.32. The second kappa shape index (κ2) is 2.95. The average Bonchev–Trinajstić information content (AvgIpc) is 1.85. The van der Waals surface area contributed by atoms with Crippen LogP contribution in [0.3, 0.4) is 0 Å². The quantitative estimate of drug-likeness (QED) is 0.524. The highest BCUT2D eigenvalue weighted by Gasteiger charge is 1.97. The molecule has 54 valence electrons. The van der Waals surface area contributed by atoms with Gasteiger partial charge in [-0.3, -0.25) is 0 Å². The van der Waals surface area contributed by atoms with Gasteiger partial charge in [0.15, 0.2) is 0 Å². The Morgan fingerprint density at radius 1 is 1.27 bits per heavy atom. The van der Waals surface area contributed by atoms with Crippen molar-refractivity contribution in [3.05, 3.63) is 35.4 Å². The molecule has 0 aromatic heterocycles. The van der Waals surface area contributed by atoms with Gasteiger partial charge in [-0.05, 0) is 30.5 Å². The molecule has 0 saturated heterocycles. The van der Waals surface area contributed by atoms with Crippen molar-refractivity contribution >= 4 is 19.4 Å². The first-order chi connectivity index (χ1) is 5.15. The minimum atomic E-state index is 0.825. The van der Waals surface area contributed by atoms with Crippen LogP contribution in [0.4, 0.5) is 0 Å². The van der Waals surface area contributed by atoms with E-state index in [9.17, 15) is 0 Å². The van der Waals surface area contributed by atoms with Crippen molar-refractivity contribution in [1.82, 2.24) is 0 Å². The monoisotopic (exact) mass is 142 g/mol. The third-order valence-electron chi connectivity index (χ3n) is 1.82. The fourth-order valence-electron chi connectivity index (χ4n) is 1.33. The van der Waals surface area contributed by atoms with Crippen LogP contribution in [0, 0.1) is 13.8 Å². The summed E-state index contributed by atoms with van der Waals surface area (Å²) in [5.41, 5.74) is 4.40. The lowest BCUT2D eigenvalue weighted by molar-refractivity contribution is 1.37. The van der Waals surface area contributed by atoms with Gasteiger partial charge in [0.05, 0.1) is 0 Å². The number of hydrogen-bond donors (Lipinski definition) is 0. The standard InChI is InChI=1S/C10H11B/c1-4-10-7(2)5-9(11)6-8(10)3/h4-6H,1H2,2-3H3. The van der Waals surface area contributed by atoms with Gasteiger partial charge in [-0.15, -0.1) is 0 Å². The minimum Gasteiger partial charge on any atom is -0.0985 e. The first-order valence-electron chi connectivity index (χ1n) is 3.64. The van der Waals surface area contributed by atoms with E-state index < -0.39 is 0 Å². The summed E-state index contributed by atoms with van der Waals surface area (Å²) in [7, 11) is 5.65. The zero-order chi connectivity index (χ0) is 8.43. The number of hydrogen-bond acceptors (Lipinski definition) is 0. The van der Waals surface area contributed by atoms with Gasteiger partial charge in [-0.1, -0.05) is 30.3 Å². The van der Waals surface area contributed by atoms with Crippen LogP contribution in [0.25, 0.3) is 6.08 Å². The molecule has 11 heavy (non-hydrogen) atoms. The third kappa shape index (κ3) is 1.54. The van der Waals surface area contributed by atoms with E-state index in [4.69, 9.17) is 7.85 Å². The van der Waals surface area contributed by atoms with Crippen molar-refractivity contribution in [1.29, 1.82) is 0 Å². The Hall–Kier alpha value is -0.975. The van der Waals surface area contributed by atoms with Gasteiger partial charge in [0.25, 0.3) is 0 Å². The fourth-order valence-corrected chi connectivity index (χ4v) is 1.33. The highest BCUT2D eigenvalue weighted by Crippen LogP contribution is 2.12. The van der Waals surface area contributed by atoms with Gasteiger partial charge in [0.2, 0.25) is 0 Å². The third-order valence-corrected chi connectivity index (χ3v) is 1.82. The van der Waals surface area contributed by atoms with Gasteiger partial charge < -0.3 is 0 Å². The van der Waals surface area contributed by atoms with E-state index in [1.54, 1.807) is 0 Å². The van der Waals surface area contributed by atoms with Crippen molar-refractivity contribution < 1.29 is 0 Å². The zero-order valence-electron chi connectivity index (χ0n) is 7.02. The van der Waals surface area contributed by atoms with Crippen LogP contribution >= 0.6 is 0 Å². The SMILES string of the molecule is [B]c1cc(C)c(C=C)c(C)c1. The Balaban J connectivity index is 3.36. The normalized spacial score (nSPS) is 9.64. The first-order valence-corrected chi connectivity index (χ1v) is 3.64. The molecule has 0 fully saturated rings. The summed E-state index contributed by atoms with van der Waals surface area (Å²) in [5.74, 6) is 0. The van der Waals surface area contributed by atoms with Gasteiger partial charge in [0.1, 0.15) is 7.85 Å². The molecule has 0 amide bonds. The molecule has 0 heterocycles. The maximum atomic E-state index is 5.65. The Bertz CT molecular complexity index is 264. The lowest BCUT2D eigenvalue weighted by atomic mass is 9.89. The predicted molar refractivity (Wildman–Crippen MR) is 51.4 cm³/mol. The molecular weight excluding hydrogens is 131 g/mol. The zero-order valence-corrected chi connectivity index (χ0v) is 7.02. The average molecular weight is 142 g/mol. The van der Waals surface area contributed by atoms with Crippen LogP contribution in [0.1, 0.15) is 16.7 Å². The summed E-state index contributed by atoms with van der Waals surface area (Å²) in [4.78, 5) is 0. The van der Waals surface area contributed by atoms with Crippen molar-refractivity contribution in [2.24, 2.45) is 0 Å². The van der Waals surface area contributed by atoms with E-state index in [1.165, 1.54) is 16.7 Å². The minimum absolute atomic E-state index is 0.825. The molecular formula is C10H11B. The molecule has 0 aliphatic rings. The summed E-state index contributed by atoms with van der Waals surface area (Å²) in [6.45, 7) is 7.83. The van der Waals surface area contributed by atoms with Crippen LogP contribution in [0.15, 0.2) is 18.7 Å². The van der Waals surface area contributed by atoms with Crippen LogP contribution in [0.2, 0.25) is 0 Å². The van der Waals surface area contributed by atoms with E-state index in [0.29, 0.717) is 0 Å². The van der Waals surface area contributed by atoms with E-state index in [-0.39, 0.29) is 0 Å². The van der Waals surface area contributed by atoms with Gasteiger partial charge in [-0.25, -0.2) is 0 Å². The van der Waals surface area contributed by atoms with Crippen LogP contribution in [-0.2, 0) is 0 Å². The van der Waals surface area contributed by atoms with Crippen molar-refractivity contribution in [3.8, 4) is 0 Å². The van der Waals surface area contributed by atoms with E-state index in [0.717, 1.165) is 5.46 Å². The largest absolute Gasteiger partial charge is 0.113 e. The molecule has 1 aromatic carbocycles. The maximum absolute atomic E-state index is 5.65. The van der Waals surface area contributed by atoms with Crippen molar-refractivity contribution in [2.75, 3.05) is 0 Å². The predicted octanol–water partition coefficient (Wildman–Crippen LogP) is 1.74. The van der Waals surface area contributed by atoms with Gasteiger partial charge in [0, 0.05) is 0 Å². The number of rotatable bonds is 1. The van der Waals surface area contributed by atoms with Crippen molar-refractivity contribution in [3.63, 3.8) is 0 Å². The fraction of sp³-hybridized carbons (Fsp3) is 0.200. The lowest BCUT2D eigenvalue weighted by Gasteiger charge is -2.06. The van der Waals surface area contributed by atoms with E-state index >= 15 is 0 Å². The Morgan fingerprint density at radius 2 is 1.73 bits per heavy atom. The topological polar surface area (TPSA) is 0 Å². The lowest BCUT2D eigenvalue weighted by Crippen LogP contribution is -2.04. The molecule has 0 spiro atoms. The van der Waals surface area contributed by atoms with Gasteiger partial charge >= 0.3 is 0 Å². The summed E-state index contributed by atoms with van der Waals surface area (Å²) in [6, 6.07) is 3.92. The molecule has 0 bridgehead atoms. The molecule has 0 atom stereocenters. The van der Waals surface area contributed by atoms with Crippen molar-refractivity contribution in [2.45, 2.75) is 13.8 Å². The Morgan fingerprint density at radius 3 is 2.09 bits per heavy atom. The molecule has 0 aliphatic heterocycles. The molecule has 1 aromatic rings. The van der Waals surface area contributed by atoms with Crippen LogP contribution in [-0.4, -0.2) is 7.85 Å². The van der Waals surface area contributed by atoms with E-state index in [1.807, 2.05) is 32.1 Å². The molecule has 1 rings (SSSR count). The van der Waals surface area contributed by atoms with E-state index in [2.05, 4.69) is 6.58 Å². The Kier molecular flexibility index (Phi) is 2.18.